The molecule has 4 heteroatoms. The van der Waals surface area contributed by atoms with Crippen molar-refractivity contribution in [3.63, 3.8) is 0 Å². The minimum absolute atomic E-state index is 0.268. The van der Waals surface area contributed by atoms with Gasteiger partial charge in [0.25, 0.3) is 5.79 Å². The van der Waals surface area contributed by atoms with Crippen LogP contribution in [0, 0.1) is 0 Å². The lowest BCUT2D eigenvalue weighted by molar-refractivity contribution is -0.203. The first-order chi connectivity index (χ1) is 9.13. The summed E-state index contributed by atoms with van der Waals surface area (Å²) in [5, 5.41) is 20.6. The fraction of sp³-hybridized carbons (Fsp3) is 0.133. The lowest BCUT2D eigenvalue weighted by Gasteiger charge is -2.37. The van der Waals surface area contributed by atoms with Crippen LogP contribution < -0.4 is 4.74 Å². The minimum Gasteiger partial charge on any atom is -0.454 e. The summed E-state index contributed by atoms with van der Waals surface area (Å²) in [6, 6.07) is 14.9. The first-order valence-electron chi connectivity index (χ1n) is 5.91. The van der Waals surface area contributed by atoms with Gasteiger partial charge in [0.2, 0.25) is 5.78 Å². The molecule has 0 unspecified atom stereocenters. The fourth-order valence-electron chi connectivity index (χ4n) is 2.20. The SMILES string of the molecule is O=C1c2ccccc2O[C@@](O)(c2ccccc2)[C@@H]1O. The summed E-state index contributed by atoms with van der Waals surface area (Å²) in [4.78, 5) is 12.1. The number of hydrogen-bond acceptors (Lipinski definition) is 4. The van der Waals surface area contributed by atoms with Gasteiger partial charge >= 0.3 is 0 Å². The van der Waals surface area contributed by atoms with Crippen molar-refractivity contribution < 1.29 is 19.7 Å². The Labute approximate surface area is 109 Å². The van der Waals surface area contributed by atoms with Crippen LogP contribution in [-0.4, -0.2) is 22.1 Å². The molecule has 2 N–H and O–H groups in total. The van der Waals surface area contributed by atoms with E-state index in [9.17, 15) is 15.0 Å². The van der Waals surface area contributed by atoms with Gasteiger partial charge in [0.15, 0.2) is 6.10 Å². The number of rotatable bonds is 1. The van der Waals surface area contributed by atoms with Gasteiger partial charge in [-0.2, -0.15) is 0 Å². The maximum atomic E-state index is 12.1. The summed E-state index contributed by atoms with van der Waals surface area (Å²) in [7, 11) is 0. The van der Waals surface area contributed by atoms with Crippen molar-refractivity contribution in [1.82, 2.24) is 0 Å². The highest BCUT2D eigenvalue weighted by Gasteiger charge is 2.49. The molecule has 96 valence electrons. The normalized spacial score (nSPS) is 25.6. The molecule has 0 saturated heterocycles. The molecule has 0 amide bonds. The summed E-state index contributed by atoms with van der Waals surface area (Å²) in [5.74, 6) is -2.33. The van der Waals surface area contributed by atoms with Crippen LogP contribution in [-0.2, 0) is 5.79 Å². The molecule has 2 atom stereocenters. The minimum atomic E-state index is -2.05. The first-order valence-corrected chi connectivity index (χ1v) is 5.91. The molecule has 0 fully saturated rings. The zero-order chi connectivity index (χ0) is 13.5. The molecule has 1 aliphatic rings. The number of carbonyl (C=O) groups excluding carboxylic acids is 1. The predicted molar refractivity (Wildman–Crippen MR) is 67.7 cm³/mol. The van der Waals surface area contributed by atoms with Gasteiger partial charge in [-0.05, 0) is 12.1 Å². The molecule has 2 aromatic rings. The highest BCUT2D eigenvalue weighted by molar-refractivity contribution is 6.03. The summed E-state index contributed by atoms with van der Waals surface area (Å²) < 4.78 is 5.47. The van der Waals surface area contributed by atoms with Crippen molar-refractivity contribution in [2.24, 2.45) is 0 Å². The van der Waals surface area contributed by atoms with Crippen molar-refractivity contribution in [2.75, 3.05) is 0 Å². The number of Topliss-reactive ketones (excluding diaryl/α,β-unsaturated/α-hetero) is 1. The Morgan fingerprint density at radius 3 is 2.37 bits per heavy atom. The summed E-state index contributed by atoms with van der Waals surface area (Å²) in [5.41, 5.74) is 0.612. The molecule has 0 aromatic heterocycles. The van der Waals surface area contributed by atoms with Gasteiger partial charge in [0.1, 0.15) is 5.75 Å². The zero-order valence-electron chi connectivity index (χ0n) is 9.98. The largest absolute Gasteiger partial charge is 0.454 e. The van der Waals surface area contributed by atoms with Crippen LogP contribution in [0.2, 0.25) is 0 Å². The van der Waals surface area contributed by atoms with E-state index in [1.807, 2.05) is 0 Å². The number of para-hydroxylation sites is 1. The second-order valence-corrected chi connectivity index (χ2v) is 4.43. The Bertz CT molecular complexity index is 623. The average molecular weight is 256 g/mol. The third kappa shape index (κ3) is 1.73. The van der Waals surface area contributed by atoms with Crippen LogP contribution in [0.3, 0.4) is 0 Å². The quantitative estimate of drug-likeness (QED) is 0.810. The monoisotopic (exact) mass is 256 g/mol. The van der Waals surface area contributed by atoms with E-state index in [1.165, 1.54) is 0 Å². The van der Waals surface area contributed by atoms with E-state index >= 15 is 0 Å². The second-order valence-electron chi connectivity index (χ2n) is 4.43. The number of aliphatic hydroxyl groups excluding tert-OH is 1. The molecule has 19 heavy (non-hydrogen) atoms. The van der Waals surface area contributed by atoms with Crippen LogP contribution in [0.1, 0.15) is 15.9 Å². The number of ether oxygens (including phenoxy) is 1. The number of ketones is 1. The lowest BCUT2D eigenvalue weighted by atomic mass is 9.90. The van der Waals surface area contributed by atoms with Crippen molar-refractivity contribution in [1.29, 1.82) is 0 Å². The number of aliphatic hydroxyl groups is 2. The molecular formula is C15H12O4. The van der Waals surface area contributed by atoms with Gasteiger partial charge < -0.3 is 14.9 Å². The highest BCUT2D eigenvalue weighted by Crippen LogP contribution is 2.37. The Kier molecular flexibility index (Phi) is 2.62. The third-order valence-electron chi connectivity index (χ3n) is 3.22. The van der Waals surface area contributed by atoms with Gasteiger partial charge in [0, 0.05) is 5.56 Å². The van der Waals surface area contributed by atoms with Crippen molar-refractivity contribution >= 4 is 5.78 Å². The van der Waals surface area contributed by atoms with E-state index in [2.05, 4.69) is 0 Å². The molecule has 1 aliphatic heterocycles. The molecule has 0 bridgehead atoms. The first kappa shape index (κ1) is 11.9. The predicted octanol–water partition coefficient (Wildman–Crippen LogP) is 1.47. The Hall–Kier alpha value is -2.17. The number of benzene rings is 2. The van der Waals surface area contributed by atoms with Crippen LogP contribution in [0.5, 0.6) is 5.75 Å². The summed E-state index contributed by atoms with van der Waals surface area (Å²) >= 11 is 0. The average Bonchev–Trinajstić information content (AvgIpc) is 2.46. The van der Waals surface area contributed by atoms with Gasteiger partial charge in [0.05, 0.1) is 5.56 Å². The zero-order valence-corrected chi connectivity index (χ0v) is 9.98. The lowest BCUT2D eigenvalue weighted by Crippen LogP contribution is -2.52. The topological polar surface area (TPSA) is 66.8 Å². The molecular weight excluding hydrogens is 244 g/mol. The van der Waals surface area contributed by atoms with Crippen molar-refractivity contribution in [3.05, 3.63) is 65.7 Å². The Balaban J connectivity index is 2.13. The van der Waals surface area contributed by atoms with Gasteiger partial charge in [-0.15, -0.1) is 0 Å². The smallest absolute Gasteiger partial charge is 0.268 e. The Morgan fingerprint density at radius 1 is 1.00 bits per heavy atom. The van der Waals surface area contributed by atoms with E-state index in [-0.39, 0.29) is 11.3 Å². The summed E-state index contributed by atoms with van der Waals surface area (Å²) in [6.07, 6.45) is -1.65. The maximum Gasteiger partial charge on any atom is 0.268 e. The van der Waals surface area contributed by atoms with E-state index in [0.29, 0.717) is 5.56 Å². The van der Waals surface area contributed by atoms with E-state index in [0.717, 1.165) is 0 Å². The molecule has 0 saturated carbocycles. The van der Waals surface area contributed by atoms with Crippen molar-refractivity contribution in [3.8, 4) is 5.75 Å². The molecule has 1 heterocycles. The van der Waals surface area contributed by atoms with E-state index in [4.69, 9.17) is 4.74 Å². The molecule has 3 rings (SSSR count). The van der Waals surface area contributed by atoms with Crippen LogP contribution in [0.25, 0.3) is 0 Å². The number of fused-ring (bicyclic) bond motifs is 1. The molecule has 4 nitrogen and oxygen atoms in total. The molecule has 2 aromatic carbocycles. The fourth-order valence-corrected chi connectivity index (χ4v) is 2.20. The second kappa shape index (κ2) is 4.19. The molecule has 0 spiro atoms. The number of hydrogen-bond donors (Lipinski definition) is 2. The maximum absolute atomic E-state index is 12.1. The van der Waals surface area contributed by atoms with Crippen molar-refractivity contribution in [2.45, 2.75) is 11.9 Å². The van der Waals surface area contributed by atoms with E-state index < -0.39 is 17.7 Å². The van der Waals surface area contributed by atoms with Gasteiger partial charge in [-0.1, -0.05) is 42.5 Å². The standard InChI is InChI=1S/C15H12O4/c16-13-11-8-4-5-9-12(11)19-15(18,14(13)17)10-6-2-1-3-7-10/h1-9,14,17-18H/t14-,15+/m1/s1. The highest BCUT2D eigenvalue weighted by atomic mass is 16.6. The van der Waals surface area contributed by atoms with Crippen LogP contribution >= 0.6 is 0 Å². The summed E-state index contributed by atoms with van der Waals surface area (Å²) in [6.45, 7) is 0. The van der Waals surface area contributed by atoms with Gasteiger partial charge in [-0.25, -0.2) is 0 Å². The van der Waals surface area contributed by atoms with Crippen LogP contribution in [0.15, 0.2) is 54.6 Å². The molecule has 0 radical (unpaired) electrons. The Morgan fingerprint density at radius 2 is 1.63 bits per heavy atom. The van der Waals surface area contributed by atoms with Crippen LogP contribution in [0.4, 0.5) is 0 Å². The van der Waals surface area contributed by atoms with E-state index in [1.54, 1.807) is 54.6 Å². The molecule has 0 aliphatic carbocycles. The third-order valence-corrected chi connectivity index (χ3v) is 3.22. The number of carbonyl (C=O) groups is 1. The van der Waals surface area contributed by atoms with Gasteiger partial charge in [-0.3, -0.25) is 4.79 Å².